The van der Waals surface area contributed by atoms with Crippen molar-refractivity contribution in [1.29, 1.82) is 0 Å². The second kappa shape index (κ2) is 11.1. The highest BCUT2D eigenvalue weighted by Crippen LogP contribution is 2.26. The molecule has 1 N–H and O–H groups in total. The highest BCUT2D eigenvalue weighted by atomic mass is 19.4. The number of nitrogens with zero attached hydrogens (tertiary/aromatic N) is 3. The van der Waals surface area contributed by atoms with Crippen LogP contribution in [0.3, 0.4) is 0 Å². The summed E-state index contributed by atoms with van der Waals surface area (Å²) in [5.74, 6) is 0.0932. The predicted molar refractivity (Wildman–Crippen MR) is 116 cm³/mol. The molecule has 3 heterocycles. The van der Waals surface area contributed by atoms with Crippen LogP contribution in [0.15, 0.2) is 30.5 Å². The van der Waals surface area contributed by atoms with Crippen molar-refractivity contribution in [2.45, 2.75) is 51.7 Å². The van der Waals surface area contributed by atoms with Crippen LogP contribution in [0.4, 0.5) is 19.0 Å². The summed E-state index contributed by atoms with van der Waals surface area (Å²) < 4.78 is 42.4. The average molecular weight is 464 g/mol. The largest absolute Gasteiger partial charge is 0.468 e. The van der Waals surface area contributed by atoms with Gasteiger partial charge < -0.3 is 15.0 Å². The van der Waals surface area contributed by atoms with E-state index < -0.39 is 12.8 Å². The van der Waals surface area contributed by atoms with Crippen LogP contribution in [-0.2, 0) is 17.8 Å². The summed E-state index contributed by atoms with van der Waals surface area (Å²) in [7, 11) is 0. The third-order valence-corrected chi connectivity index (χ3v) is 5.26. The van der Waals surface area contributed by atoms with Gasteiger partial charge in [0.1, 0.15) is 11.6 Å². The van der Waals surface area contributed by atoms with E-state index in [9.17, 15) is 22.8 Å². The Morgan fingerprint density at radius 3 is 2.61 bits per heavy atom. The summed E-state index contributed by atoms with van der Waals surface area (Å²) in [4.78, 5) is 34.8. The lowest BCUT2D eigenvalue weighted by Gasteiger charge is -2.29. The minimum absolute atomic E-state index is 0.0325. The Morgan fingerprint density at radius 2 is 1.91 bits per heavy atom. The van der Waals surface area contributed by atoms with Gasteiger partial charge in [-0.25, -0.2) is 0 Å². The molecule has 0 unspecified atom stereocenters. The minimum Gasteiger partial charge on any atom is -0.468 e. The molecule has 1 fully saturated rings. The van der Waals surface area contributed by atoms with Crippen LogP contribution in [0.2, 0.25) is 0 Å². The maximum atomic E-state index is 12.7. The number of rotatable bonds is 9. The second-order valence-electron chi connectivity index (χ2n) is 7.87. The maximum Gasteiger partial charge on any atom is 0.422 e. The third kappa shape index (κ3) is 7.44. The second-order valence-corrected chi connectivity index (χ2v) is 7.87. The molecule has 0 bridgehead atoms. The fraction of sp³-hybridized carbons (Fsp3) is 0.478. The van der Waals surface area contributed by atoms with E-state index in [1.54, 1.807) is 25.1 Å². The third-order valence-electron chi connectivity index (χ3n) is 5.26. The number of ketones is 1. The molecule has 33 heavy (non-hydrogen) atoms. The highest BCUT2D eigenvalue weighted by molar-refractivity contribution is 5.94. The Labute approximate surface area is 190 Å². The van der Waals surface area contributed by atoms with Crippen LogP contribution in [0, 0.1) is 0 Å². The van der Waals surface area contributed by atoms with Crippen LogP contribution in [0.5, 0.6) is 5.88 Å². The van der Waals surface area contributed by atoms with E-state index in [2.05, 4.69) is 15.3 Å². The van der Waals surface area contributed by atoms with Crippen LogP contribution in [0.25, 0.3) is 0 Å². The summed E-state index contributed by atoms with van der Waals surface area (Å²) in [5.41, 5.74) is 1.58. The van der Waals surface area contributed by atoms with Crippen molar-refractivity contribution in [3.63, 3.8) is 0 Å². The van der Waals surface area contributed by atoms with E-state index in [0.29, 0.717) is 29.1 Å². The quantitative estimate of drug-likeness (QED) is 0.607. The van der Waals surface area contributed by atoms with E-state index >= 15 is 0 Å². The number of halogens is 3. The Bertz CT molecular complexity index is 976. The van der Waals surface area contributed by atoms with Gasteiger partial charge in [0.05, 0.1) is 0 Å². The van der Waals surface area contributed by atoms with Gasteiger partial charge in [0.25, 0.3) is 5.91 Å². The van der Waals surface area contributed by atoms with Crippen molar-refractivity contribution in [3.8, 4) is 5.88 Å². The maximum absolute atomic E-state index is 12.7. The highest BCUT2D eigenvalue weighted by Gasteiger charge is 2.29. The summed E-state index contributed by atoms with van der Waals surface area (Å²) in [5, 5.41) is 2.83. The van der Waals surface area contributed by atoms with Gasteiger partial charge >= 0.3 is 6.18 Å². The summed E-state index contributed by atoms with van der Waals surface area (Å²) in [6.45, 7) is 1.96. The molecule has 2 aromatic rings. The molecular formula is C23H27F3N4O3. The number of hydrogen-bond donors (Lipinski definition) is 1. The van der Waals surface area contributed by atoms with Crippen LogP contribution < -0.4 is 15.0 Å². The molecule has 0 radical (unpaired) electrons. The lowest BCUT2D eigenvalue weighted by atomic mass is 10.1. The molecule has 1 saturated heterocycles. The van der Waals surface area contributed by atoms with Gasteiger partial charge in [-0.3, -0.25) is 14.6 Å². The van der Waals surface area contributed by atoms with E-state index in [1.807, 2.05) is 4.90 Å². The molecule has 0 aliphatic carbocycles. The van der Waals surface area contributed by atoms with Gasteiger partial charge in [-0.05, 0) is 37.5 Å². The molecule has 3 rings (SSSR count). The van der Waals surface area contributed by atoms with E-state index in [0.717, 1.165) is 32.4 Å². The van der Waals surface area contributed by atoms with Crippen LogP contribution in [0.1, 0.15) is 54.2 Å². The molecule has 10 heteroatoms. The van der Waals surface area contributed by atoms with E-state index in [1.165, 1.54) is 12.3 Å². The first-order chi connectivity index (χ1) is 15.7. The molecule has 0 atom stereocenters. The molecule has 0 saturated carbocycles. The topological polar surface area (TPSA) is 84.4 Å². The Kier molecular flexibility index (Phi) is 8.24. The zero-order chi connectivity index (χ0) is 23.8. The molecule has 0 aromatic carbocycles. The zero-order valence-electron chi connectivity index (χ0n) is 18.5. The molecule has 1 aliphatic heterocycles. The summed E-state index contributed by atoms with van der Waals surface area (Å²) in [6.07, 6.45) is 0.588. The Balaban J connectivity index is 1.73. The molecule has 178 valence electrons. The number of hydrogen-bond acceptors (Lipinski definition) is 6. The van der Waals surface area contributed by atoms with Gasteiger partial charge in [0, 0.05) is 61.6 Å². The molecular weight excluding hydrogens is 437 g/mol. The fourth-order valence-corrected chi connectivity index (χ4v) is 3.53. The van der Waals surface area contributed by atoms with E-state index in [4.69, 9.17) is 4.74 Å². The summed E-state index contributed by atoms with van der Waals surface area (Å²) in [6, 6.07) is 6.15. The molecule has 2 aromatic heterocycles. The lowest BCUT2D eigenvalue weighted by Crippen LogP contribution is -2.32. The standard InChI is InChI=1S/C23H27F3N4O3/c1-2-19(31)13-18-12-16(8-9-27-18)22(32)28-14-17-6-7-20(33-15-23(24,25)26)29-21(17)30-10-4-3-5-11-30/h6-9,12H,2-5,10-11,13-15H2,1H3,(H,28,32). The lowest BCUT2D eigenvalue weighted by molar-refractivity contribution is -0.154. The first kappa shape index (κ1) is 24.5. The number of aromatic nitrogens is 2. The molecule has 1 amide bonds. The molecule has 1 aliphatic rings. The minimum atomic E-state index is -4.45. The van der Waals surface area contributed by atoms with Gasteiger partial charge in [-0.1, -0.05) is 6.92 Å². The number of Topliss-reactive ketones (excluding diaryl/α,β-unsaturated/α-hetero) is 1. The number of nitrogens with one attached hydrogen (secondary N) is 1. The summed E-state index contributed by atoms with van der Waals surface area (Å²) >= 11 is 0. The van der Waals surface area contributed by atoms with Gasteiger partial charge in [-0.2, -0.15) is 18.2 Å². The van der Waals surface area contributed by atoms with Gasteiger partial charge in [0.2, 0.25) is 5.88 Å². The van der Waals surface area contributed by atoms with Crippen LogP contribution >= 0.6 is 0 Å². The van der Waals surface area contributed by atoms with Crippen molar-refractivity contribution >= 4 is 17.5 Å². The van der Waals surface area contributed by atoms with Gasteiger partial charge in [-0.15, -0.1) is 0 Å². The van der Waals surface area contributed by atoms with Crippen molar-refractivity contribution < 1.29 is 27.5 Å². The number of anilines is 1. The number of carbonyl (C=O) groups is 2. The van der Waals surface area contributed by atoms with Crippen molar-refractivity contribution in [3.05, 3.63) is 47.3 Å². The number of pyridine rings is 2. The first-order valence-corrected chi connectivity index (χ1v) is 10.9. The number of ether oxygens (including phenoxy) is 1. The van der Waals surface area contributed by atoms with E-state index in [-0.39, 0.29) is 30.5 Å². The Hall–Kier alpha value is -3.17. The number of alkyl halides is 3. The SMILES string of the molecule is CCC(=O)Cc1cc(C(=O)NCc2ccc(OCC(F)(F)F)nc2N2CCCCC2)ccn1. The fourth-order valence-electron chi connectivity index (χ4n) is 3.53. The van der Waals surface area contributed by atoms with Crippen LogP contribution in [-0.4, -0.2) is 47.5 Å². The normalized spacial score (nSPS) is 14.1. The Morgan fingerprint density at radius 1 is 1.15 bits per heavy atom. The monoisotopic (exact) mass is 464 g/mol. The first-order valence-electron chi connectivity index (χ1n) is 10.9. The molecule has 0 spiro atoms. The zero-order valence-corrected chi connectivity index (χ0v) is 18.5. The predicted octanol–water partition coefficient (Wildman–Crippen LogP) is 3.86. The number of amides is 1. The van der Waals surface area contributed by atoms with Crippen molar-refractivity contribution in [2.24, 2.45) is 0 Å². The molecule has 7 nitrogen and oxygen atoms in total. The average Bonchev–Trinajstić information content (AvgIpc) is 2.81. The van der Waals surface area contributed by atoms with Gasteiger partial charge in [0.15, 0.2) is 6.61 Å². The van der Waals surface area contributed by atoms with Crippen molar-refractivity contribution in [1.82, 2.24) is 15.3 Å². The number of carbonyl (C=O) groups excluding carboxylic acids is 2. The number of piperidine rings is 1. The van der Waals surface area contributed by atoms with Crippen molar-refractivity contribution in [2.75, 3.05) is 24.6 Å². The smallest absolute Gasteiger partial charge is 0.422 e.